The molecule has 1 aromatic rings. The van der Waals surface area contributed by atoms with E-state index in [2.05, 4.69) is 21.1 Å². The van der Waals surface area contributed by atoms with Crippen molar-refractivity contribution in [1.29, 1.82) is 0 Å². The zero-order valence-electron chi connectivity index (χ0n) is 12.5. The standard InChI is InChI=1S/C13H17NO5S.Li/c1-5-6-18-13(15)14-19-20(16,17)12-10(3)7-9(2)8-11(12)4;/h5,7-8H,1,6H2,2-4H3,(H,14,15);/q;+1/p-1. The number of rotatable bonds is 5. The fraction of sp³-hybridized carbons (Fsp3) is 0.308. The minimum absolute atomic E-state index is 0. The second-order valence-electron chi connectivity index (χ2n) is 4.21. The molecule has 1 rings (SSSR count). The van der Waals surface area contributed by atoms with Gasteiger partial charge in [-0.25, -0.2) is 0 Å². The van der Waals surface area contributed by atoms with Crippen LogP contribution in [0.1, 0.15) is 16.7 Å². The van der Waals surface area contributed by atoms with E-state index in [0.717, 1.165) is 5.56 Å². The molecule has 0 aromatic heterocycles. The number of amides is 1. The molecule has 0 aliphatic rings. The van der Waals surface area contributed by atoms with Crippen LogP contribution >= 0.6 is 0 Å². The predicted octanol–water partition coefficient (Wildman–Crippen LogP) is -0.0675. The van der Waals surface area contributed by atoms with Crippen LogP contribution in [0, 0.1) is 20.8 Å². The summed E-state index contributed by atoms with van der Waals surface area (Å²) >= 11 is 0. The van der Waals surface area contributed by atoms with Crippen LogP contribution in [0.2, 0.25) is 0 Å². The summed E-state index contributed by atoms with van der Waals surface area (Å²) in [7, 11) is -4.15. The molecule has 1 aromatic carbocycles. The van der Waals surface area contributed by atoms with Crippen molar-refractivity contribution in [3.05, 3.63) is 47.0 Å². The molecule has 8 heteroatoms. The Hall–Kier alpha value is -1.26. The molecule has 0 bridgehead atoms. The van der Waals surface area contributed by atoms with Crippen LogP contribution in [-0.4, -0.2) is 21.1 Å². The van der Waals surface area contributed by atoms with E-state index < -0.39 is 16.2 Å². The number of hydroxylamine groups is 1. The third kappa shape index (κ3) is 5.56. The summed E-state index contributed by atoms with van der Waals surface area (Å²) in [6.07, 6.45) is 0.201. The Morgan fingerprint density at radius 2 is 1.81 bits per heavy atom. The molecule has 0 aliphatic heterocycles. The Morgan fingerprint density at radius 1 is 1.29 bits per heavy atom. The molecule has 0 fully saturated rings. The number of nitrogens with zero attached hydrogens (tertiary/aromatic N) is 1. The van der Waals surface area contributed by atoms with Crippen LogP contribution in [0.4, 0.5) is 4.79 Å². The summed E-state index contributed by atoms with van der Waals surface area (Å²) in [5.74, 6) is 0. The quantitative estimate of drug-likeness (QED) is 0.432. The Bertz CT molecular complexity index is 604. The molecule has 0 saturated heterocycles. The topological polar surface area (TPSA) is 83.8 Å². The molecule has 21 heavy (non-hydrogen) atoms. The molecular formula is C13H16LiNO5S. The van der Waals surface area contributed by atoms with E-state index >= 15 is 0 Å². The number of carbonyl (C=O) groups excluding carboxylic acids is 1. The first-order valence-electron chi connectivity index (χ1n) is 5.78. The van der Waals surface area contributed by atoms with Crippen LogP contribution in [0.5, 0.6) is 0 Å². The molecule has 6 nitrogen and oxygen atoms in total. The summed E-state index contributed by atoms with van der Waals surface area (Å²) in [4.78, 5) is 11.1. The summed E-state index contributed by atoms with van der Waals surface area (Å²) in [5.41, 5.74) is 4.90. The van der Waals surface area contributed by atoms with Gasteiger partial charge < -0.3 is 14.5 Å². The summed E-state index contributed by atoms with van der Waals surface area (Å²) in [6, 6.07) is 3.42. The third-order valence-corrected chi connectivity index (χ3v) is 3.80. The molecule has 0 saturated carbocycles. The average molecular weight is 305 g/mol. The van der Waals surface area contributed by atoms with Gasteiger partial charge in [0.25, 0.3) is 16.2 Å². The van der Waals surface area contributed by atoms with Gasteiger partial charge in [-0.3, -0.25) is 4.79 Å². The number of benzene rings is 1. The van der Waals surface area contributed by atoms with Crippen molar-refractivity contribution in [2.45, 2.75) is 25.7 Å². The maximum absolute atomic E-state index is 12.0. The van der Waals surface area contributed by atoms with Gasteiger partial charge in [0.2, 0.25) is 0 Å². The summed E-state index contributed by atoms with van der Waals surface area (Å²) in [6.45, 7) is 8.41. The first kappa shape index (κ1) is 19.7. The smallest absolute Gasteiger partial charge is 0.477 e. The average Bonchev–Trinajstić information content (AvgIpc) is 2.32. The maximum atomic E-state index is 12.0. The minimum atomic E-state index is -4.15. The first-order chi connectivity index (χ1) is 9.27. The zero-order valence-corrected chi connectivity index (χ0v) is 13.4. The molecule has 0 radical (unpaired) electrons. The number of ether oxygens (including phenoxy) is 1. The van der Waals surface area contributed by atoms with Crippen molar-refractivity contribution in [3.8, 4) is 0 Å². The second-order valence-corrected chi connectivity index (χ2v) is 5.68. The Kier molecular flexibility index (Phi) is 7.75. The Balaban J connectivity index is 0.00000400. The van der Waals surface area contributed by atoms with E-state index in [1.165, 1.54) is 6.08 Å². The largest absolute Gasteiger partial charge is 1.00 e. The van der Waals surface area contributed by atoms with Crippen LogP contribution in [0.3, 0.4) is 0 Å². The van der Waals surface area contributed by atoms with Gasteiger partial charge >= 0.3 is 18.9 Å². The molecule has 0 aliphatic carbocycles. The SMILES string of the molecule is C=CCOC(=O)[N-]OS(=O)(=O)c1c(C)cc(C)cc1C.[Li+]. The maximum Gasteiger partial charge on any atom is 1.00 e. The number of aryl methyl sites for hydroxylation is 3. The van der Waals surface area contributed by atoms with E-state index in [9.17, 15) is 13.2 Å². The van der Waals surface area contributed by atoms with E-state index in [0.29, 0.717) is 11.1 Å². The van der Waals surface area contributed by atoms with E-state index in [4.69, 9.17) is 0 Å². The van der Waals surface area contributed by atoms with E-state index in [-0.39, 0.29) is 30.4 Å². The third-order valence-electron chi connectivity index (χ3n) is 2.39. The van der Waals surface area contributed by atoms with Gasteiger partial charge in [-0.1, -0.05) is 30.4 Å². The Labute approximate surface area is 136 Å². The fourth-order valence-corrected chi connectivity index (χ4v) is 2.97. The monoisotopic (exact) mass is 305 g/mol. The summed E-state index contributed by atoms with van der Waals surface area (Å²) < 4.78 is 32.9. The van der Waals surface area contributed by atoms with Crippen molar-refractivity contribution >= 4 is 16.2 Å². The first-order valence-corrected chi connectivity index (χ1v) is 7.19. The van der Waals surface area contributed by atoms with Gasteiger partial charge in [0.05, 0.1) is 4.90 Å². The number of hydrogen-bond donors (Lipinski definition) is 0. The fourth-order valence-electron chi connectivity index (χ4n) is 1.83. The second kappa shape index (κ2) is 8.25. The summed E-state index contributed by atoms with van der Waals surface area (Å²) in [5, 5.41) is 0. The molecule has 0 spiro atoms. The molecular weight excluding hydrogens is 289 g/mol. The zero-order chi connectivity index (χ0) is 15.3. The van der Waals surface area contributed by atoms with Gasteiger partial charge in [-0.05, 0) is 31.9 Å². The van der Waals surface area contributed by atoms with Crippen LogP contribution in [0.15, 0.2) is 29.7 Å². The molecule has 1 amide bonds. The molecule has 0 unspecified atom stereocenters. The van der Waals surface area contributed by atoms with Crippen molar-refractivity contribution in [2.75, 3.05) is 6.61 Å². The minimum Gasteiger partial charge on any atom is -0.477 e. The Morgan fingerprint density at radius 3 is 2.29 bits per heavy atom. The van der Waals surface area contributed by atoms with Gasteiger partial charge in [0.15, 0.2) is 0 Å². The van der Waals surface area contributed by atoms with Crippen molar-refractivity contribution in [2.24, 2.45) is 0 Å². The van der Waals surface area contributed by atoms with Gasteiger partial charge in [0, 0.05) is 0 Å². The molecule has 110 valence electrons. The van der Waals surface area contributed by atoms with Crippen molar-refractivity contribution in [1.82, 2.24) is 0 Å². The van der Waals surface area contributed by atoms with E-state index in [1.807, 2.05) is 6.92 Å². The van der Waals surface area contributed by atoms with Gasteiger partial charge in [-0.2, -0.15) is 8.42 Å². The number of carbonyl (C=O) groups is 1. The van der Waals surface area contributed by atoms with Crippen LogP contribution < -0.4 is 18.9 Å². The molecule has 0 N–H and O–H groups in total. The normalized spacial score (nSPS) is 10.4. The molecule has 0 atom stereocenters. The molecule has 0 heterocycles. The van der Waals surface area contributed by atoms with Gasteiger partial charge in [-0.15, -0.1) is 0 Å². The van der Waals surface area contributed by atoms with E-state index in [1.54, 1.807) is 26.0 Å². The van der Waals surface area contributed by atoms with Crippen molar-refractivity contribution in [3.63, 3.8) is 0 Å². The van der Waals surface area contributed by atoms with Crippen LogP contribution in [-0.2, 0) is 19.1 Å². The number of hydrogen-bond acceptors (Lipinski definition) is 5. The van der Waals surface area contributed by atoms with Crippen molar-refractivity contribution < 1.29 is 41.1 Å². The van der Waals surface area contributed by atoms with Gasteiger partial charge in [0.1, 0.15) is 6.61 Å². The van der Waals surface area contributed by atoms with Crippen LogP contribution in [0.25, 0.3) is 5.48 Å². The predicted molar refractivity (Wildman–Crippen MR) is 73.8 cm³/mol.